The Kier molecular flexibility index (Phi) is 7.35. The van der Waals surface area contributed by atoms with Crippen molar-refractivity contribution in [2.45, 2.75) is 19.5 Å². The quantitative estimate of drug-likeness (QED) is 0.785. The number of hydrogen-bond donors (Lipinski definition) is 1. The third-order valence-corrected chi connectivity index (χ3v) is 3.99. The van der Waals surface area contributed by atoms with E-state index in [0.717, 1.165) is 5.56 Å². The Morgan fingerprint density at radius 3 is 2.62 bits per heavy atom. The highest BCUT2D eigenvalue weighted by Crippen LogP contribution is 2.22. The molecule has 1 aromatic heterocycles. The van der Waals surface area contributed by atoms with E-state index >= 15 is 0 Å². The summed E-state index contributed by atoms with van der Waals surface area (Å²) in [5.74, 6) is -0.286. The van der Waals surface area contributed by atoms with E-state index in [9.17, 15) is 9.18 Å². The van der Waals surface area contributed by atoms with Gasteiger partial charge in [-0.3, -0.25) is 4.98 Å². The average Bonchev–Trinajstić information content (AvgIpc) is 2.65. The molecule has 140 valence electrons. The summed E-state index contributed by atoms with van der Waals surface area (Å²) in [5.41, 5.74) is 1.63. The molecule has 2 amide bonds. The monoisotopic (exact) mass is 361 g/mol. The van der Waals surface area contributed by atoms with Gasteiger partial charge in [0.1, 0.15) is 0 Å². The number of hydrogen-bond acceptors (Lipinski definition) is 4. The summed E-state index contributed by atoms with van der Waals surface area (Å²) in [7, 11) is 3.00. The molecule has 26 heavy (non-hydrogen) atoms. The second-order valence-corrected chi connectivity index (χ2v) is 5.83. The minimum atomic E-state index is -0.459. The van der Waals surface area contributed by atoms with Crippen LogP contribution in [-0.2, 0) is 11.3 Å². The Morgan fingerprint density at radius 1 is 1.27 bits per heavy atom. The number of amides is 2. The third-order valence-electron chi connectivity index (χ3n) is 3.99. The number of carbonyl (C=O) groups is 1. The number of nitrogens with one attached hydrogen (secondary N) is 1. The minimum Gasteiger partial charge on any atom is -0.494 e. The standard InChI is InChI=1S/C19H24FN3O3/c1-14(16-4-5-18(26-3)17(20)12-16)22-19(24)23(10-11-25-2)13-15-6-8-21-9-7-15/h4-9,12,14H,10-11,13H2,1-3H3,(H,22,24)/t14-/m1/s1. The van der Waals surface area contributed by atoms with Crippen LogP contribution in [0.2, 0.25) is 0 Å². The van der Waals surface area contributed by atoms with Crippen molar-refractivity contribution in [2.24, 2.45) is 0 Å². The van der Waals surface area contributed by atoms with Crippen LogP contribution < -0.4 is 10.1 Å². The van der Waals surface area contributed by atoms with Crippen molar-refractivity contribution in [3.05, 3.63) is 59.7 Å². The van der Waals surface area contributed by atoms with E-state index in [2.05, 4.69) is 10.3 Å². The summed E-state index contributed by atoms with van der Waals surface area (Å²) in [6.07, 6.45) is 3.37. The van der Waals surface area contributed by atoms with Crippen molar-refractivity contribution in [1.82, 2.24) is 15.2 Å². The molecule has 1 N–H and O–H groups in total. The predicted molar refractivity (Wildman–Crippen MR) is 96.4 cm³/mol. The van der Waals surface area contributed by atoms with Gasteiger partial charge in [0, 0.05) is 32.6 Å². The van der Waals surface area contributed by atoms with Crippen molar-refractivity contribution in [3.63, 3.8) is 0 Å². The first-order valence-corrected chi connectivity index (χ1v) is 8.32. The second-order valence-electron chi connectivity index (χ2n) is 5.83. The lowest BCUT2D eigenvalue weighted by atomic mass is 10.1. The van der Waals surface area contributed by atoms with Gasteiger partial charge in [-0.15, -0.1) is 0 Å². The van der Waals surface area contributed by atoms with Gasteiger partial charge in [0.15, 0.2) is 11.6 Å². The molecule has 0 aliphatic heterocycles. The Morgan fingerprint density at radius 2 is 2.00 bits per heavy atom. The topological polar surface area (TPSA) is 63.7 Å². The van der Waals surface area contributed by atoms with Gasteiger partial charge in [0.25, 0.3) is 0 Å². The number of carbonyl (C=O) groups excluding carboxylic acids is 1. The smallest absolute Gasteiger partial charge is 0.318 e. The highest BCUT2D eigenvalue weighted by Gasteiger charge is 2.18. The summed E-state index contributed by atoms with van der Waals surface area (Å²) in [5, 5.41) is 2.90. The molecule has 0 fully saturated rings. The van der Waals surface area contributed by atoms with E-state index in [-0.39, 0.29) is 17.8 Å². The van der Waals surface area contributed by atoms with Gasteiger partial charge >= 0.3 is 6.03 Å². The molecule has 1 heterocycles. The third kappa shape index (κ3) is 5.42. The molecule has 6 nitrogen and oxygen atoms in total. The molecule has 0 saturated heterocycles. The zero-order valence-electron chi connectivity index (χ0n) is 15.2. The highest BCUT2D eigenvalue weighted by atomic mass is 19.1. The van der Waals surface area contributed by atoms with Gasteiger partial charge in [-0.1, -0.05) is 6.07 Å². The first-order chi connectivity index (χ1) is 12.5. The Hall–Kier alpha value is -2.67. The van der Waals surface area contributed by atoms with Crippen molar-refractivity contribution in [3.8, 4) is 5.75 Å². The SMILES string of the molecule is COCCN(Cc1ccncc1)C(=O)N[C@H](C)c1ccc(OC)c(F)c1. The van der Waals surface area contributed by atoms with E-state index in [1.165, 1.54) is 13.2 Å². The van der Waals surface area contributed by atoms with Crippen LogP contribution in [0.25, 0.3) is 0 Å². The van der Waals surface area contributed by atoms with E-state index in [0.29, 0.717) is 25.3 Å². The molecule has 2 rings (SSSR count). The molecule has 1 aromatic carbocycles. The van der Waals surface area contributed by atoms with Crippen molar-refractivity contribution in [1.29, 1.82) is 0 Å². The Bertz CT molecular complexity index is 712. The van der Waals surface area contributed by atoms with Crippen LogP contribution in [-0.4, -0.2) is 43.3 Å². The fourth-order valence-corrected chi connectivity index (χ4v) is 2.47. The first kappa shape index (κ1) is 19.7. The molecule has 0 aliphatic rings. The number of aromatic nitrogens is 1. The first-order valence-electron chi connectivity index (χ1n) is 8.32. The number of ether oxygens (including phenoxy) is 2. The van der Waals surface area contributed by atoms with Gasteiger partial charge in [-0.2, -0.15) is 0 Å². The van der Waals surface area contributed by atoms with E-state index in [1.807, 2.05) is 12.1 Å². The Balaban J connectivity index is 2.06. The van der Waals surface area contributed by atoms with Gasteiger partial charge in [0.2, 0.25) is 0 Å². The fraction of sp³-hybridized carbons (Fsp3) is 0.368. The van der Waals surface area contributed by atoms with Crippen molar-refractivity contribution >= 4 is 6.03 Å². The summed E-state index contributed by atoms with van der Waals surface area (Å²) in [4.78, 5) is 18.3. The summed E-state index contributed by atoms with van der Waals surface area (Å²) in [6, 6.07) is 7.76. The summed E-state index contributed by atoms with van der Waals surface area (Å²) < 4.78 is 23.9. The minimum absolute atomic E-state index is 0.173. The number of methoxy groups -OCH3 is 2. The van der Waals surface area contributed by atoms with Crippen LogP contribution in [0, 0.1) is 5.82 Å². The van der Waals surface area contributed by atoms with Crippen molar-refractivity contribution < 1.29 is 18.7 Å². The van der Waals surface area contributed by atoms with E-state index in [1.54, 1.807) is 43.5 Å². The molecular weight excluding hydrogens is 337 g/mol. The lowest BCUT2D eigenvalue weighted by Gasteiger charge is -2.25. The second kappa shape index (κ2) is 9.72. The predicted octanol–water partition coefficient (Wildman–Crippen LogP) is 3.15. The molecule has 0 aliphatic carbocycles. The largest absolute Gasteiger partial charge is 0.494 e. The van der Waals surface area contributed by atoms with Gasteiger partial charge < -0.3 is 19.7 Å². The maximum atomic E-state index is 13.9. The molecular formula is C19H24FN3O3. The van der Waals surface area contributed by atoms with E-state index < -0.39 is 5.82 Å². The zero-order valence-corrected chi connectivity index (χ0v) is 15.2. The lowest BCUT2D eigenvalue weighted by molar-refractivity contribution is 0.145. The molecule has 2 aromatic rings. The van der Waals surface area contributed by atoms with Crippen LogP contribution in [0.1, 0.15) is 24.1 Å². The number of pyridine rings is 1. The number of urea groups is 1. The summed E-state index contributed by atoms with van der Waals surface area (Å²) >= 11 is 0. The normalized spacial score (nSPS) is 11.7. The molecule has 0 radical (unpaired) electrons. The number of nitrogens with zero attached hydrogens (tertiary/aromatic N) is 2. The number of halogens is 1. The maximum Gasteiger partial charge on any atom is 0.318 e. The van der Waals surface area contributed by atoms with Gasteiger partial charge in [-0.25, -0.2) is 9.18 Å². The fourth-order valence-electron chi connectivity index (χ4n) is 2.47. The Labute approximate surface area is 152 Å². The van der Waals surface area contributed by atoms with Crippen LogP contribution in [0.5, 0.6) is 5.75 Å². The van der Waals surface area contributed by atoms with Crippen molar-refractivity contribution in [2.75, 3.05) is 27.4 Å². The zero-order chi connectivity index (χ0) is 18.9. The molecule has 0 spiro atoms. The summed E-state index contributed by atoms with van der Waals surface area (Å²) in [6.45, 7) is 3.10. The van der Waals surface area contributed by atoms with Gasteiger partial charge in [-0.05, 0) is 42.3 Å². The maximum absolute atomic E-state index is 13.9. The molecule has 1 atom stereocenters. The van der Waals surface area contributed by atoms with Crippen LogP contribution in [0.15, 0.2) is 42.7 Å². The van der Waals surface area contributed by atoms with Crippen LogP contribution >= 0.6 is 0 Å². The van der Waals surface area contributed by atoms with E-state index in [4.69, 9.17) is 9.47 Å². The highest BCUT2D eigenvalue weighted by molar-refractivity contribution is 5.74. The van der Waals surface area contributed by atoms with Gasteiger partial charge in [0.05, 0.1) is 19.8 Å². The molecule has 7 heteroatoms. The molecule has 0 saturated carbocycles. The molecule has 0 unspecified atom stereocenters. The lowest BCUT2D eigenvalue weighted by Crippen LogP contribution is -2.42. The van der Waals surface area contributed by atoms with Crippen LogP contribution in [0.4, 0.5) is 9.18 Å². The average molecular weight is 361 g/mol. The number of rotatable bonds is 8. The van der Waals surface area contributed by atoms with Crippen LogP contribution in [0.3, 0.4) is 0 Å². The number of benzene rings is 1. The molecule has 0 bridgehead atoms.